The van der Waals surface area contributed by atoms with Crippen LogP contribution in [-0.2, 0) is 0 Å². The van der Waals surface area contributed by atoms with E-state index in [2.05, 4.69) is 63.1 Å². The Kier molecular flexibility index (Phi) is 9.69. The summed E-state index contributed by atoms with van der Waals surface area (Å²) in [6.07, 6.45) is 3.53. The first-order valence-electron chi connectivity index (χ1n) is 7.71. The Morgan fingerprint density at radius 1 is 0.944 bits per heavy atom. The van der Waals surface area contributed by atoms with E-state index >= 15 is 0 Å². The Morgan fingerprint density at radius 3 is 1.72 bits per heavy atom. The van der Waals surface area contributed by atoms with Crippen molar-refractivity contribution in [1.29, 1.82) is 0 Å². The van der Waals surface area contributed by atoms with E-state index in [9.17, 15) is 0 Å². The zero-order chi connectivity index (χ0) is 14.0. The fourth-order valence-electron chi connectivity index (χ4n) is 3.05. The molecule has 0 aromatic heterocycles. The molecular weight excluding hydrogens is 236 g/mol. The minimum atomic E-state index is 0.00302. The van der Waals surface area contributed by atoms with Crippen LogP contribution < -0.4 is 0 Å². The van der Waals surface area contributed by atoms with Gasteiger partial charge in [0.25, 0.3) is 0 Å². The molecule has 0 fully saturated rings. The van der Waals surface area contributed by atoms with Gasteiger partial charge in [-0.05, 0) is 46.4 Å². The van der Waals surface area contributed by atoms with E-state index in [0.29, 0.717) is 0 Å². The van der Waals surface area contributed by atoms with Crippen LogP contribution in [0.25, 0.3) is 0 Å². The normalized spacial score (nSPS) is 13.8. The molecule has 2 nitrogen and oxygen atoms in total. The number of hydrogen-bond donors (Lipinski definition) is 0. The number of allylic oxidation sites excluding steroid dienone is 1. The van der Waals surface area contributed by atoms with Gasteiger partial charge in [0.15, 0.2) is 0 Å². The Labute approximate surface area is 117 Å². The summed E-state index contributed by atoms with van der Waals surface area (Å²) in [5.41, 5.74) is 2.67. The molecule has 0 aromatic carbocycles. The SMILES string of the molecule is CC=C[SiH2]CCC(C)(N(CC)CC)N(CC)CC. The maximum Gasteiger partial charge on any atom is 0.0705 e. The lowest BCUT2D eigenvalue weighted by Gasteiger charge is -2.48. The van der Waals surface area contributed by atoms with Crippen LogP contribution in [0.3, 0.4) is 0 Å². The van der Waals surface area contributed by atoms with Crippen molar-refractivity contribution in [1.82, 2.24) is 9.80 Å². The molecule has 0 aromatic rings. The zero-order valence-electron chi connectivity index (χ0n) is 13.5. The van der Waals surface area contributed by atoms with Crippen LogP contribution in [0.4, 0.5) is 0 Å². The highest BCUT2D eigenvalue weighted by Gasteiger charge is 2.33. The van der Waals surface area contributed by atoms with Crippen molar-refractivity contribution in [2.24, 2.45) is 0 Å². The predicted octanol–water partition coefficient (Wildman–Crippen LogP) is 2.90. The summed E-state index contributed by atoms with van der Waals surface area (Å²) < 4.78 is 0. The van der Waals surface area contributed by atoms with E-state index in [1.807, 2.05) is 0 Å². The summed E-state index contributed by atoms with van der Waals surface area (Å²) in [7, 11) is 0.00302. The fraction of sp³-hybridized carbons (Fsp3) is 0.867. The molecule has 0 bridgehead atoms. The van der Waals surface area contributed by atoms with Gasteiger partial charge in [-0.3, -0.25) is 9.80 Å². The largest absolute Gasteiger partial charge is 0.286 e. The van der Waals surface area contributed by atoms with Gasteiger partial charge in [0, 0.05) is 9.52 Å². The molecule has 0 aliphatic rings. The van der Waals surface area contributed by atoms with E-state index < -0.39 is 0 Å². The second-order valence-electron chi connectivity index (χ2n) is 5.02. The predicted molar refractivity (Wildman–Crippen MR) is 87.0 cm³/mol. The molecule has 108 valence electrons. The highest BCUT2D eigenvalue weighted by Crippen LogP contribution is 2.25. The Balaban J connectivity index is 4.77. The lowest BCUT2D eigenvalue weighted by molar-refractivity contribution is -0.0385. The lowest BCUT2D eigenvalue weighted by atomic mass is 10.0. The summed E-state index contributed by atoms with van der Waals surface area (Å²) in [5.74, 6) is 0. The molecule has 0 N–H and O–H groups in total. The first-order chi connectivity index (χ1) is 8.60. The highest BCUT2D eigenvalue weighted by molar-refractivity contribution is 6.41. The molecule has 0 atom stereocenters. The fourth-order valence-corrected chi connectivity index (χ4v) is 4.49. The molecule has 0 saturated heterocycles. The van der Waals surface area contributed by atoms with Crippen molar-refractivity contribution in [3.05, 3.63) is 11.8 Å². The van der Waals surface area contributed by atoms with Gasteiger partial charge in [0.2, 0.25) is 0 Å². The minimum absolute atomic E-state index is 0.00302. The van der Waals surface area contributed by atoms with E-state index in [-0.39, 0.29) is 15.2 Å². The van der Waals surface area contributed by atoms with Gasteiger partial charge in [0.1, 0.15) is 0 Å². The quantitative estimate of drug-likeness (QED) is 0.342. The number of hydrogen-bond acceptors (Lipinski definition) is 2. The van der Waals surface area contributed by atoms with Crippen LogP contribution in [0.1, 0.15) is 48.0 Å². The van der Waals surface area contributed by atoms with Crippen LogP contribution in [0.15, 0.2) is 11.8 Å². The smallest absolute Gasteiger partial charge is 0.0705 e. The lowest BCUT2D eigenvalue weighted by Crippen LogP contribution is -2.58. The van der Waals surface area contributed by atoms with E-state index in [4.69, 9.17) is 0 Å². The van der Waals surface area contributed by atoms with Gasteiger partial charge in [-0.1, -0.05) is 39.8 Å². The molecule has 0 aliphatic heterocycles. The van der Waals surface area contributed by atoms with Gasteiger partial charge in [-0.25, -0.2) is 0 Å². The topological polar surface area (TPSA) is 6.48 Å². The number of nitrogens with zero attached hydrogens (tertiary/aromatic N) is 2. The molecule has 0 unspecified atom stereocenters. The van der Waals surface area contributed by atoms with Crippen molar-refractivity contribution in [3.63, 3.8) is 0 Å². The van der Waals surface area contributed by atoms with Crippen molar-refractivity contribution >= 4 is 9.52 Å². The molecule has 0 heterocycles. The van der Waals surface area contributed by atoms with Crippen molar-refractivity contribution in [3.8, 4) is 0 Å². The molecule has 0 saturated carbocycles. The van der Waals surface area contributed by atoms with Gasteiger partial charge in [0.05, 0.1) is 5.66 Å². The molecule has 18 heavy (non-hydrogen) atoms. The second-order valence-corrected chi connectivity index (χ2v) is 6.78. The van der Waals surface area contributed by atoms with Crippen molar-refractivity contribution in [2.75, 3.05) is 26.2 Å². The van der Waals surface area contributed by atoms with Crippen LogP contribution in [0, 0.1) is 0 Å². The maximum absolute atomic E-state index is 2.63. The molecular formula is C15H34N2Si. The average Bonchev–Trinajstić information content (AvgIpc) is 2.37. The third-order valence-corrected chi connectivity index (χ3v) is 5.71. The molecule has 0 spiro atoms. The molecule has 0 aliphatic carbocycles. The van der Waals surface area contributed by atoms with E-state index in [1.54, 1.807) is 0 Å². The average molecular weight is 271 g/mol. The summed E-state index contributed by atoms with van der Waals surface area (Å²) in [5, 5.41) is 0. The van der Waals surface area contributed by atoms with E-state index in [1.165, 1.54) is 12.5 Å². The van der Waals surface area contributed by atoms with Gasteiger partial charge in [-0.15, -0.1) is 5.70 Å². The van der Waals surface area contributed by atoms with Crippen molar-refractivity contribution in [2.45, 2.75) is 59.7 Å². The van der Waals surface area contributed by atoms with Gasteiger partial charge < -0.3 is 0 Å². The van der Waals surface area contributed by atoms with E-state index in [0.717, 1.165) is 26.2 Å². The Bertz CT molecular complexity index is 209. The highest BCUT2D eigenvalue weighted by atomic mass is 28.2. The zero-order valence-corrected chi connectivity index (χ0v) is 14.9. The van der Waals surface area contributed by atoms with Crippen LogP contribution in [-0.4, -0.2) is 51.2 Å². The van der Waals surface area contributed by atoms with Crippen LogP contribution in [0.2, 0.25) is 6.04 Å². The Hall–Kier alpha value is -0.123. The van der Waals surface area contributed by atoms with Crippen molar-refractivity contribution < 1.29 is 0 Å². The standard InChI is InChI=1S/C15H34N2Si/c1-7-13-18-14-12-15(6,16(8-2)9-3)17(10-4)11-5/h7,13H,8-12,14,18H2,1-6H3. The monoisotopic (exact) mass is 270 g/mol. The second kappa shape index (κ2) is 9.76. The molecule has 0 rings (SSSR count). The van der Waals surface area contributed by atoms with Gasteiger partial charge in [-0.2, -0.15) is 0 Å². The third-order valence-electron chi connectivity index (χ3n) is 4.15. The summed E-state index contributed by atoms with van der Waals surface area (Å²) in [4.78, 5) is 5.26. The summed E-state index contributed by atoms with van der Waals surface area (Å²) in [6.45, 7) is 18.3. The van der Waals surface area contributed by atoms with Crippen LogP contribution >= 0.6 is 0 Å². The minimum Gasteiger partial charge on any atom is -0.286 e. The third kappa shape index (κ3) is 4.86. The molecule has 3 heteroatoms. The molecule has 0 radical (unpaired) electrons. The Morgan fingerprint density at radius 2 is 1.39 bits per heavy atom. The van der Waals surface area contributed by atoms with Gasteiger partial charge >= 0.3 is 0 Å². The summed E-state index contributed by atoms with van der Waals surface area (Å²) in [6, 6.07) is 1.41. The summed E-state index contributed by atoms with van der Waals surface area (Å²) >= 11 is 0. The number of rotatable bonds is 10. The first kappa shape index (κ1) is 17.9. The van der Waals surface area contributed by atoms with Crippen LogP contribution in [0.5, 0.6) is 0 Å². The molecule has 0 amide bonds. The first-order valence-corrected chi connectivity index (χ1v) is 9.53. The maximum atomic E-state index is 2.63.